The van der Waals surface area contributed by atoms with Gasteiger partial charge in [0.1, 0.15) is 22.6 Å². The number of benzene rings is 2. The fraction of sp³-hybridized carbons (Fsp3) is 0.182. The Hall–Kier alpha value is -3.90. The SMILES string of the molecule is COCCNC(=O)[C@H](c1ccc(F)cc1)N(C(=O)c1snc(C(N)=O)c1N)c1ccccc1F. The van der Waals surface area contributed by atoms with Crippen LogP contribution >= 0.6 is 11.5 Å². The molecular formula is C22H21F2N5O4S. The first kappa shape index (κ1) is 24.7. The van der Waals surface area contributed by atoms with Crippen molar-refractivity contribution in [2.24, 2.45) is 5.73 Å². The lowest BCUT2D eigenvalue weighted by atomic mass is 10.0. The van der Waals surface area contributed by atoms with Gasteiger partial charge >= 0.3 is 0 Å². The molecule has 0 saturated heterocycles. The van der Waals surface area contributed by atoms with E-state index in [1.54, 1.807) is 0 Å². The van der Waals surface area contributed by atoms with Crippen LogP contribution in [0, 0.1) is 11.6 Å². The number of halogens is 2. The summed E-state index contributed by atoms with van der Waals surface area (Å²) in [5, 5.41) is 2.62. The van der Waals surface area contributed by atoms with Crippen LogP contribution in [0.4, 0.5) is 20.2 Å². The Balaban J connectivity index is 2.19. The molecule has 0 spiro atoms. The lowest BCUT2D eigenvalue weighted by Crippen LogP contribution is -2.45. The van der Waals surface area contributed by atoms with Gasteiger partial charge in [-0.05, 0) is 41.4 Å². The first-order chi connectivity index (χ1) is 16.3. The summed E-state index contributed by atoms with van der Waals surface area (Å²) in [6.45, 7) is 0.278. The van der Waals surface area contributed by atoms with E-state index in [0.717, 1.165) is 23.1 Å². The maximum Gasteiger partial charge on any atom is 0.273 e. The quantitative estimate of drug-likeness (QED) is 0.394. The topological polar surface area (TPSA) is 141 Å². The minimum absolute atomic E-state index is 0.0981. The summed E-state index contributed by atoms with van der Waals surface area (Å²) in [7, 11) is 1.45. The molecule has 178 valence electrons. The van der Waals surface area contributed by atoms with Crippen LogP contribution in [0.5, 0.6) is 0 Å². The van der Waals surface area contributed by atoms with Gasteiger partial charge in [0.15, 0.2) is 5.69 Å². The van der Waals surface area contributed by atoms with E-state index in [2.05, 4.69) is 9.69 Å². The molecule has 34 heavy (non-hydrogen) atoms. The number of carbonyl (C=O) groups excluding carboxylic acids is 3. The molecule has 0 aliphatic carbocycles. The van der Waals surface area contributed by atoms with Gasteiger partial charge in [-0.2, -0.15) is 4.37 Å². The van der Waals surface area contributed by atoms with Gasteiger partial charge in [0.2, 0.25) is 5.91 Å². The van der Waals surface area contributed by atoms with Crippen LogP contribution in [-0.4, -0.2) is 42.4 Å². The van der Waals surface area contributed by atoms with E-state index in [1.807, 2.05) is 0 Å². The number of nitrogens with zero attached hydrogens (tertiary/aromatic N) is 2. The Labute approximate surface area is 197 Å². The lowest BCUT2D eigenvalue weighted by molar-refractivity contribution is -0.122. The third kappa shape index (κ3) is 5.18. The predicted molar refractivity (Wildman–Crippen MR) is 122 cm³/mol. The number of hydrogen-bond acceptors (Lipinski definition) is 7. The van der Waals surface area contributed by atoms with Crippen molar-refractivity contribution in [2.45, 2.75) is 6.04 Å². The minimum Gasteiger partial charge on any atom is -0.395 e. The van der Waals surface area contributed by atoms with E-state index in [1.165, 1.54) is 37.4 Å². The Morgan fingerprint density at radius 2 is 1.82 bits per heavy atom. The van der Waals surface area contributed by atoms with Gasteiger partial charge in [-0.3, -0.25) is 19.3 Å². The summed E-state index contributed by atoms with van der Waals surface area (Å²) < 4.78 is 37.3. The lowest BCUT2D eigenvalue weighted by Gasteiger charge is -2.31. The average molecular weight is 490 g/mol. The van der Waals surface area contributed by atoms with Gasteiger partial charge in [-0.25, -0.2) is 8.78 Å². The number of anilines is 2. The number of nitrogen functional groups attached to an aromatic ring is 1. The zero-order valence-corrected chi connectivity index (χ0v) is 18.8. The summed E-state index contributed by atoms with van der Waals surface area (Å²) in [6, 6.07) is 8.73. The molecule has 1 heterocycles. The summed E-state index contributed by atoms with van der Waals surface area (Å²) in [4.78, 5) is 39.2. The molecule has 1 aromatic heterocycles. The highest BCUT2D eigenvalue weighted by Gasteiger charge is 2.37. The van der Waals surface area contributed by atoms with Crippen molar-refractivity contribution in [3.63, 3.8) is 0 Å². The highest BCUT2D eigenvalue weighted by Crippen LogP contribution is 2.34. The number of nitrogens with one attached hydrogen (secondary N) is 1. The number of nitrogens with two attached hydrogens (primary N) is 2. The van der Waals surface area contributed by atoms with E-state index < -0.39 is 35.4 Å². The van der Waals surface area contributed by atoms with E-state index >= 15 is 0 Å². The molecule has 3 rings (SSSR count). The highest BCUT2D eigenvalue weighted by molar-refractivity contribution is 7.09. The number of hydrogen-bond donors (Lipinski definition) is 3. The number of primary amides is 1. The Morgan fingerprint density at radius 1 is 1.15 bits per heavy atom. The highest BCUT2D eigenvalue weighted by atomic mass is 32.1. The van der Waals surface area contributed by atoms with E-state index in [4.69, 9.17) is 16.2 Å². The van der Waals surface area contributed by atoms with E-state index in [-0.39, 0.29) is 40.7 Å². The molecule has 0 saturated carbocycles. The number of aromatic nitrogens is 1. The molecular weight excluding hydrogens is 468 g/mol. The van der Waals surface area contributed by atoms with Crippen LogP contribution in [0.1, 0.15) is 31.8 Å². The predicted octanol–water partition coefficient (Wildman–Crippen LogP) is 2.25. The van der Waals surface area contributed by atoms with Crippen molar-refractivity contribution >= 4 is 40.6 Å². The summed E-state index contributed by atoms with van der Waals surface area (Å²) in [6.07, 6.45) is 0. The molecule has 3 aromatic rings. The van der Waals surface area contributed by atoms with Crippen molar-refractivity contribution in [1.82, 2.24) is 9.69 Å². The maximum absolute atomic E-state index is 14.9. The molecule has 9 nitrogen and oxygen atoms in total. The fourth-order valence-corrected chi connectivity index (χ4v) is 3.93. The van der Waals surface area contributed by atoms with E-state index in [0.29, 0.717) is 11.5 Å². The van der Waals surface area contributed by atoms with Gasteiger partial charge in [0.25, 0.3) is 11.8 Å². The normalized spacial score (nSPS) is 11.6. The standard InChI is InChI=1S/C22H21F2N5O4S/c1-33-11-10-27-21(31)18(12-6-8-13(23)9-7-12)29(15-5-3-2-4-14(15)24)22(32)19-16(25)17(20(26)30)28-34-19/h2-9,18H,10-11,25H2,1H3,(H2,26,30)(H,27,31)/t18-/m0/s1. The molecule has 1 atom stereocenters. The van der Waals surface area contributed by atoms with Crippen molar-refractivity contribution < 1.29 is 27.9 Å². The molecule has 0 aliphatic rings. The number of para-hydroxylation sites is 1. The summed E-state index contributed by atoms with van der Waals surface area (Å²) >= 11 is 0.589. The summed E-state index contributed by atoms with van der Waals surface area (Å²) in [5.74, 6) is -3.89. The largest absolute Gasteiger partial charge is 0.395 e. The fourth-order valence-electron chi connectivity index (χ4n) is 3.19. The Kier molecular flexibility index (Phi) is 7.87. The monoisotopic (exact) mass is 489 g/mol. The number of amides is 3. The third-order valence-corrected chi connectivity index (χ3v) is 5.64. The minimum atomic E-state index is -1.43. The summed E-state index contributed by atoms with van der Waals surface area (Å²) in [5.41, 5.74) is 10.5. The number of methoxy groups -OCH3 is 1. The first-order valence-electron chi connectivity index (χ1n) is 9.91. The van der Waals surface area contributed by atoms with Crippen LogP contribution in [-0.2, 0) is 9.53 Å². The molecule has 3 amide bonds. The molecule has 0 bridgehead atoms. The molecule has 12 heteroatoms. The van der Waals surface area contributed by atoms with Crippen LogP contribution in [0.2, 0.25) is 0 Å². The van der Waals surface area contributed by atoms with Crippen molar-refractivity contribution in [3.05, 3.63) is 76.3 Å². The molecule has 0 unspecified atom stereocenters. The third-order valence-electron chi connectivity index (χ3n) is 4.78. The maximum atomic E-state index is 14.9. The molecule has 0 fully saturated rings. The zero-order chi connectivity index (χ0) is 24.8. The Bertz CT molecular complexity index is 1200. The second-order valence-electron chi connectivity index (χ2n) is 7.00. The van der Waals surface area contributed by atoms with Crippen molar-refractivity contribution in [1.29, 1.82) is 0 Å². The second kappa shape index (κ2) is 10.8. The number of ether oxygens (including phenoxy) is 1. The van der Waals surface area contributed by atoms with Crippen LogP contribution in [0.15, 0.2) is 48.5 Å². The first-order valence-corrected chi connectivity index (χ1v) is 10.7. The van der Waals surface area contributed by atoms with Gasteiger partial charge in [-0.15, -0.1) is 0 Å². The van der Waals surface area contributed by atoms with Gasteiger partial charge in [0, 0.05) is 13.7 Å². The van der Waals surface area contributed by atoms with E-state index in [9.17, 15) is 23.2 Å². The average Bonchev–Trinajstić information content (AvgIpc) is 3.20. The van der Waals surface area contributed by atoms with Crippen LogP contribution in [0.25, 0.3) is 0 Å². The van der Waals surface area contributed by atoms with Gasteiger partial charge < -0.3 is 21.5 Å². The van der Waals surface area contributed by atoms with Crippen LogP contribution < -0.4 is 21.7 Å². The molecule has 5 N–H and O–H groups in total. The van der Waals surface area contributed by atoms with Crippen molar-refractivity contribution in [3.8, 4) is 0 Å². The zero-order valence-electron chi connectivity index (χ0n) is 18.0. The van der Waals surface area contributed by atoms with Gasteiger partial charge in [0.05, 0.1) is 18.0 Å². The Morgan fingerprint density at radius 3 is 2.41 bits per heavy atom. The second-order valence-corrected chi connectivity index (χ2v) is 7.78. The van der Waals surface area contributed by atoms with Crippen LogP contribution in [0.3, 0.4) is 0 Å². The molecule has 0 aliphatic heterocycles. The van der Waals surface area contributed by atoms with Crippen molar-refractivity contribution in [2.75, 3.05) is 30.9 Å². The molecule has 0 radical (unpaired) electrons. The smallest absolute Gasteiger partial charge is 0.273 e. The number of rotatable bonds is 9. The van der Waals surface area contributed by atoms with Gasteiger partial charge in [-0.1, -0.05) is 24.3 Å². The molecule has 2 aromatic carbocycles. The number of carbonyl (C=O) groups is 3.